The molecule has 1 saturated heterocycles. The van der Waals surface area contributed by atoms with Crippen LogP contribution in [0, 0.1) is 13.8 Å². The first-order valence-corrected chi connectivity index (χ1v) is 10.4. The standard InChI is InChI=1S/C22H25ClN2O3S/c1-14-11-17(12-15(2)21(14)23)28-13-20(26)25-9-7-16(8-10-25)24-22(27)18-5-3-4-6-19(18)29/h3-6,11-12,16,29H,7-10,13H2,1-2H3,(H,24,27). The molecule has 1 aliphatic heterocycles. The molecule has 0 spiro atoms. The van der Waals surface area contributed by atoms with Gasteiger partial charge in [-0.3, -0.25) is 9.59 Å². The topological polar surface area (TPSA) is 58.6 Å². The van der Waals surface area contributed by atoms with Gasteiger partial charge in [-0.15, -0.1) is 12.6 Å². The van der Waals surface area contributed by atoms with Crippen LogP contribution in [0.3, 0.4) is 0 Å². The zero-order valence-corrected chi connectivity index (χ0v) is 18.2. The Morgan fingerprint density at radius 2 is 1.79 bits per heavy atom. The summed E-state index contributed by atoms with van der Waals surface area (Å²) in [6.45, 7) is 5.00. The first kappa shape index (κ1) is 21.5. The molecule has 154 valence electrons. The molecule has 0 aliphatic carbocycles. The molecule has 0 aromatic heterocycles. The minimum Gasteiger partial charge on any atom is -0.484 e. The number of carbonyl (C=O) groups is 2. The molecule has 0 bridgehead atoms. The molecule has 0 unspecified atom stereocenters. The smallest absolute Gasteiger partial charge is 0.260 e. The third kappa shape index (κ3) is 5.46. The number of rotatable bonds is 5. The monoisotopic (exact) mass is 432 g/mol. The molecule has 3 rings (SSSR count). The predicted molar refractivity (Wildman–Crippen MR) is 117 cm³/mol. The van der Waals surface area contributed by atoms with Crippen LogP contribution >= 0.6 is 24.2 Å². The van der Waals surface area contributed by atoms with Gasteiger partial charge in [0, 0.05) is 29.0 Å². The molecular weight excluding hydrogens is 408 g/mol. The lowest BCUT2D eigenvalue weighted by Crippen LogP contribution is -2.47. The summed E-state index contributed by atoms with van der Waals surface area (Å²) >= 11 is 10.5. The fourth-order valence-corrected chi connectivity index (χ4v) is 3.80. The van der Waals surface area contributed by atoms with E-state index in [0.29, 0.717) is 47.2 Å². The Morgan fingerprint density at radius 3 is 2.41 bits per heavy atom. The number of ether oxygens (including phenoxy) is 1. The van der Waals surface area contributed by atoms with Gasteiger partial charge in [-0.1, -0.05) is 23.7 Å². The van der Waals surface area contributed by atoms with Crippen molar-refractivity contribution in [3.8, 4) is 5.75 Å². The van der Waals surface area contributed by atoms with Gasteiger partial charge in [-0.2, -0.15) is 0 Å². The van der Waals surface area contributed by atoms with Gasteiger partial charge in [0.05, 0.1) is 5.56 Å². The second kappa shape index (κ2) is 9.55. The number of halogens is 1. The Kier molecular flexibility index (Phi) is 7.09. The maximum atomic E-state index is 12.5. The molecular formula is C22H25ClN2O3S. The number of amides is 2. The highest BCUT2D eigenvalue weighted by molar-refractivity contribution is 7.80. The van der Waals surface area contributed by atoms with E-state index in [1.807, 2.05) is 38.1 Å². The van der Waals surface area contributed by atoms with E-state index in [1.54, 1.807) is 17.0 Å². The van der Waals surface area contributed by atoms with Crippen molar-refractivity contribution in [2.45, 2.75) is 37.6 Å². The summed E-state index contributed by atoms with van der Waals surface area (Å²) in [5.41, 5.74) is 2.42. The number of thiol groups is 1. The number of nitrogens with one attached hydrogen (secondary N) is 1. The molecule has 0 saturated carbocycles. The lowest BCUT2D eigenvalue weighted by atomic mass is 10.0. The summed E-state index contributed by atoms with van der Waals surface area (Å²) < 4.78 is 5.67. The average Bonchev–Trinajstić information content (AvgIpc) is 2.71. The van der Waals surface area contributed by atoms with Gasteiger partial charge in [0.25, 0.3) is 11.8 Å². The number of aryl methyl sites for hydroxylation is 2. The Bertz CT molecular complexity index is 888. The fraction of sp³-hybridized carbons (Fsp3) is 0.364. The van der Waals surface area contributed by atoms with Crippen LogP contribution in [0.5, 0.6) is 5.75 Å². The van der Waals surface area contributed by atoms with Gasteiger partial charge in [-0.25, -0.2) is 0 Å². The maximum Gasteiger partial charge on any atom is 0.260 e. The zero-order valence-electron chi connectivity index (χ0n) is 16.6. The van der Waals surface area contributed by atoms with Crippen molar-refractivity contribution in [3.05, 3.63) is 58.1 Å². The Morgan fingerprint density at radius 1 is 1.17 bits per heavy atom. The summed E-state index contributed by atoms with van der Waals surface area (Å²) in [7, 11) is 0. The van der Waals surface area contributed by atoms with Crippen LogP contribution in [0.1, 0.15) is 34.3 Å². The van der Waals surface area contributed by atoms with E-state index >= 15 is 0 Å². The predicted octanol–water partition coefficient (Wildman–Crippen LogP) is 4.05. The fourth-order valence-electron chi connectivity index (χ4n) is 3.43. The molecule has 29 heavy (non-hydrogen) atoms. The second-order valence-corrected chi connectivity index (χ2v) is 8.17. The highest BCUT2D eigenvalue weighted by atomic mass is 35.5. The maximum absolute atomic E-state index is 12.5. The van der Waals surface area contributed by atoms with Crippen LogP contribution < -0.4 is 10.1 Å². The highest BCUT2D eigenvalue weighted by Crippen LogP contribution is 2.26. The van der Waals surface area contributed by atoms with Crippen molar-refractivity contribution in [1.29, 1.82) is 0 Å². The first-order chi connectivity index (χ1) is 13.8. The molecule has 0 atom stereocenters. The van der Waals surface area contributed by atoms with Crippen LogP contribution in [0.4, 0.5) is 0 Å². The van der Waals surface area contributed by atoms with Gasteiger partial charge in [0.2, 0.25) is 0 Å². The van der Waals surface area contributed by atoms with Crippen LogP contribution in [0.2, 0.25) is 5.02 Å². The van der Waals surface area contributed by atoms with E-state index in [9.17, 15) is 9.59 Å². The number of hydrogen-bond acceptors (Lipinski definition) is 4. The first-order valence-electron chi connectivity index (χ1n) is 9.61. The Hall–Kier alpha value is -2.18. The van der Waals surface area contributed by atoms with Crippen molar-refractivity contribution in [3.63, 3.8) is 0 Å². The summed E-state index contributed by atoms with van der Waals surface area (Å²) in [4.78, 5) is 27.3. The van der Waals surface area contributed by atoms with E-state index in [-0.39, 0.29) is 24.5 Å². The van der Waals surface area contributed by atoms with Crippen LogP contribution in [-0.4, -0.2) is 42.5 Å². The van der Waals surface area contributed by atoms with Crippen molar-refractivity contribution in [2.75, 3.05) is 19.7 Å². The molecule has 7 heteroatoms. The summed E-state index contributed by atoms with van der Waals surface area (Å²) in [5, 5.41) is 3.76. The van der Waals surface area contributed by atoms with Crippen LogP contribution in [0.15, 0.2) is 41.3 Å². The number of piperidine rings is 1. The van der Waals surface area contributed by atoms with Gasteiger partial charge in [0.1, 0.15) is 5.75 Å². The normalized spacial score (nSPS) is 14.6. The quantitative estimate of drug-likeness (QED) is 0.701. The molecule has 2 aromatic rings. The van der Waals surface area contributed by atoms with E-state index in [1.165, 1.54) is 0 Å². The zero-order chi connectivity index (χ0) is 21.0. The lowest BCUT2D eigenvalue weighted by molar-refractivity contribution is -0.134. The molecule has 1 aliphatic rings. The SMILES string of the molecule is Cc1cc(OCC(=O)N2CCC(NC(=O)c3ccccc3S)CC2)cc(C)c1Cl. The average molecular weight is 433 g/mol. The minimum absolute atomic E-state index is 0.00936. The summed E-state index contributed by atoms with van der Waals surface area (Å²) in [6, 6.07) is 10.9. The molecule has 2 aromatic carbocycles. The highest BCUT2D eigenvalue weighted by Gasteiger charge is 2.24. The Labute approximate surface area is 181 Å². The second-order valence-electron chi connectivity index (χ2n) is 7.31. The van der Waals surface area contributed by atoms with Gasteiger partial charge in [0.15, 0.2) is 6.61 Å². The van der Waals surface area contributed by atoms with Crippen molar-refractivity contribution in [2.24, 2.45) is 0 Å². The number of benzene rings is 2. The van der Waals surface area contributed by atoms with Crippen LogP contribution in [-0.2, 0) is 4.79 Å². The summed E-state index contributed by atoms with van der Waals surface area (Å²) in [6.07, 6.45) is 1.43. The van der Waals surface area contributed by atoms with Crippen molar-refractivity contribution < 1.29 is 14.3 Å². The molecule has 1 fully saturated rings. The Balaban J connectivity index is 1.47. The van der Waals surface area contributed by atoms with E-state index in [2.05, 4.69) is 17.9 Å². The minimum atomic E-state index is -0.128. The van der Waals surface area contributed by atoms with E-state index in [0.717, 1.165) is 11.1 Å². The lowest BCUT2D eigenvalue weighted by Gasteiger charge is -2.32. The molecule has 2 amide bonds. The van der Waals surface area contributed by atoms with E-state index < -0.39 is 0 Å². The number of carbonyl (C=O) groups excluding carboxylic acids is 2. The van der Waals surface area contributed by atoms with Crippen molar-refractivity contribution >= 4 is 36.0 Å². The molecule has 5 nitrogen and oxygen atoms in total. The largest absolute Gasteiger partial charge is 0.484 e. The third-order valence-electron chi connectivity index (χ3n) is 5.10. The summed E-state index contributed by atoms with van der Waals surface area (Å²) in [5.74, 6) is 0.461. The van der Waals surface area contributed by atoms with Gasteiger partial charge in [-0.05, 0) is 62.1 Å². The molecule has 1 N–H and O–H groups in total. The van der Waals surface area contributed by atoms with E-state index in [4.69, 9.17) is 16.3 Å². The van der Waals surface area contributed by atoms with Crippen LogP contribution in [0.25, 0.3) is 0 Å². The van der Waals surface area contributed by atoms with Gasteiger partial charge >= 0.3 is 0 Å². The van der Waals surface area contributed by atoms with Gasteiger partial charge < -0.3 is 15.0 Å². The van der Waals surface area contributed by atoms with Crippen molar-refractivity contribution in [1.82, 2.24) is 10.2 Å². The molecule has 0 radical (unpaired) electrons. The molecule has 1 heterocycles. The number of nitrogens with zero attached hydrogens (tertiary/aromatic N) is 1. The number of likely N-dealkylation sites (tertiary alicyclic amines) is 1. The third-order valence-corrected chi connectivity index (χ3v) is 6.09. The number of hydrogen-bond donors (Lipinski definition) is 2.